The molecule has 0 spiro atoms. The number of aromatic nitrogens is 3. The zero-order valence-electron chi connectivity index (χ0n) is 19.0. The van der Waals surface area contributed by atoms with Crippen molar-refractivity contribution < 1.29 is 19.1 Å². The predicted molar refractivity (Wildman–Crippen MR) is 123 cm³/mol. The Balaban J connectivity index is 1.67. The first kappa shape index (κ1) is 23.8. The maximum absolute atomic E-state index is 12.8. The van der Waals surface area contributed by atoms with Crippen molar-refractivity contribution >= 4 is 12.4 Å². The molecule has 0 aliphatic heterocycles. The Morgan fingerprint density at radius 3 is 2.39 bits per heavy atom. The van der Waals surface area contributed by atoms with Crippen LogP contribution in [0.15, 0.2) is 65.7 Å². The summed E-state index contributed by atoms with van der Waals surface area (Å²) in [6, 6.07) is 15.9. The number of para-hydroxylation sites is 1. The number of amides is 1. The molecule has 9 heteroatoms. The lowest BCUT2D eigenvalue weighted by Gasteiger charge is -2.27. The van der Waals surface area contributed by atoms with E-state index in [-0.39, 0.29) is 25.4 Å². The average molecular weight is 453 g/mol. The number of hydrogen-bond donors (Lipinski definition) is 0. The van der Waals surface area contributed by atoms with Crippen LogP contribution in [0.5, 0.6) is 5.75 Å². The van der Waals surface area contributed by atoms with Gasteiger partial charge in [0, 0.05) is 18.7 Å². The van der Waals surface area contributed by atoms with Gasteiger partial charge in [-0.25, -0.2) is 9.59 Å². The van der Waals surface area contributed by atoms with Crippen LogP contribution in [0.25, 0.3) is 5.69 Å². The second-order valence-electron chi connectivity index (χ2n) is 8.36. The van der Waals surface area contributed by atoms with Gasteiger partial charge in [0.05, 0.1) is 12.2 Å². The number of carbonyl (C=O) groups excluding carboxylic acids is 2. The lowest BCUT2D eigenvalue weighted by molar-refractivity contribution is 0.0219. The summed E-state index contributed by atoms with van der Waals surface area (Å²) >= 11 is 0. The van der Waals surface area contributed by atoms with Gasteiger partial charge in [-0.05, 0) is 57.2 Å². The molecule has 0 atom stereocenters. The highest BCUT2D eigenvalue weighted by Gasteiger charge is 2.22. The van der Waals surface area contributed by atoms with E-state index in [4.69, 9.17) is 9.47 Å². The minimum absolute atomic E-state index is 0.232. The van der Waals surface area contributed by atoms with E-state index in [0.29, 0.717) is 23.5 Å². The summed E-state index contributed by atoms with van der Waals surface area (Å²) in [4.78, 5) is 37.8. The fraction of sp³-hybridized carbons (Fsp3) is 0.333. The molecule has 0 bridgehead atoms. The van der Waals surface area contributed by atoms with E-state index in [9.17, 15) is 14.4 Å². The van der Waals surface area contributed by atoms with Gasteiger partial charge in [0.1, 0.15) is 30.6 Å². The number of carbonyl (C=O) groups is 2. The standard InChI is InChI=1S/C24H28N4O5/c1-24(2,3)33-23(31)26(15-16-32-21-7-5-4-6-8-21)13-14-27-18-25-28(22(27)30)20-11-9-19(17-29)10-12-20/h4-12,17-18H,13-16H2,1-3H3. The molecule has 0 unspecified atom stereocenters. The van der Waals surface area contributed by atoms with Gasteiger partial charge in [-0.1, -0.05) is 18.2 Å². The third-order valence-electron chi connectivity index (χ3n) is 4.64. The lowest BCUT2D eigenvalue weighted by atomic mass is 10.2. The Bertz CT molecular complexity index is 1110. The van der Waals surface area contributed by atoms with E-state index in [2.05, 4.69) is 5.10 Å². The van der Waals surface area contributed by atoms with Crippen molar-refractivity contribution in [1.29, 1.82) is 0 Å². The summed E-state index contributed by atoms with van der Waals surface area (Å²) in [5, 5.41) is 4.14. The zero-order valence-corrected chi connectivity index (χ0v) is 19.0. The number of ether oxygens (including phenoxy) is 2. The number of hydrogen-bond acceptors (Lipinski definition) is 6. The molecule has 0 fully saturated rings. The molecule has 0 aliphatic carbocycles. The fourth-order valence-electron chi connectivity index (χ4n) is 3.00. The first-order valence-corrected chi connectivity index (χ1v) is 10.6. The Morgan fingerprint density at radius 1 is 1.06 bits per heavy atom. The topological polar surface area (TPSA) is 95.7 Å². The molecular weight excluding hydrogens is 424 g/mol. The van der Waals surface area contributed by atoms with Crippen LogP contribution in [0.4, 0.5) is 4.79 Å². The molecule has 1 amide bonds. The van der Waals surface area contributed by atoms with Gasteiger partial charge < -0.3 is 14.4 Å². The van der Waals surface area contributed by atoms with Crippen LogP contribution in [-0.4, -0.2) is 56.9 Å². The summed E-state index contributed by atoms with van der Waals surface area (Å²) < 4.78 is 13.9. The molecule has 0 N–H and O–H groups in total. The van der Waals surface area contributed by atoms with Gasteiger partial charge >= 0.3 is 11.8 Å². The maximum Gasteiger partial charge on any atom is 0.410 e. The van der Waals surface area contributed by atoms with Gasteiger partial charge in [-0.15, -0.1) is 0 Å². The Labute approximate surface area is 192 Å². The average Bonchev–Trinajstić information content (AvgIpc) is 3.15. The predicted octanol–water partition coefficient (Wildman–Crippen LogP) is 3.16. The van der Waals surface area contributed by atoms with Gasteiger partial charge in [-0.2, -0.15) is 9.78 Å². The molecule has 1 heterocycles. The van der Waals surface area contributed by atoms with E-state index in [1.807, 2.05) is 30.3 Å². The van der Waals surface area contributed by atoms with Gasteiger partial charge in [0.25, 0.3) is 0 Å². The van der Waals surface area contributed by atoms with Gasteiger partial charge in [0.15, 0.2) is 0 Å². The monoisotopic (exact) mass is 452 g/mol. The van der Waals surface area contributed by atoms with Crippen LogP contribution in [0, 0.1) is 0 Å². The van der Waals surface area contributed by atoms with E-state index < -0.39 is 11.7 Å². The van der Waals surface area contributed by atoms with E-state index in [1.54, 1.807) is 45.0 Å². The second-order valence-corrected chi connectivity index (χ2v) is 8.36. The molecule has 174 valence electrons. The van der Waals surface area contributed by atoms with Crippen LogP contribution in [0.2, 0.25) is 0 Å². The molecule has 33 heavy (non-hydrogen) atoms. The second kappa shape index (κ2) is 10.6. The summed E-state index contributed by atoms with van der Waals surface area (Å²) in [7, 11) is 0. The molecule has 0 aliphatic rings. The van der Waals surface area contributed by atoms with Crippen molar-refractivity contribution in [2.24, 2.45) is 0 Å². The Morgan fingerprint density at radius 2 is 1.76 bits per heavy atom. The highest BCUT2D eigenvalue weighted by molar-refractivity contribution is 5.75. The van der Waals surface area contributed by atoms with Crippen molar-refractivity contribution in [3.63, 3.8) is 0 Å². The van der Waals surface area contributed by atoms with E-state index >= 15 is 0 Å². The van der Waals surface area contributed by atoms with E-state index in [0.717, 1.165) is 6.29 Å². The van der Waals surface area contributed by atoms with Crippen LogP contribution < -0.4 is 10.4 Å². The third kappa shape index (κ3) is 6.80. The smallest absolute Gasteiger partial charge is 0.410 e. The molecular formula is C24H28N4O5. The molecule has 0 saturated heterocycles. The summed E-state index contributed by atoms with van der Waals surface area (Å²) in [6.45, 7) is 6.44. The van der Waals surface area contributed by atoms with Crippen LogP contribution in [0.3, 0.4) is 0 Å². The maximum atomic E-state index is 12.8. The van der Waals surface area contributed by atoms with Crippen molar-refractivity contribution in [1.82, 2.24) is 19.2 Å². The van der Waals surface area contributed by atoms with Gasteiger partial charge in [-0.3, -0.25) is 9.36 Å². The quantitative estimate of drug-likeness (QED) is 0.463. The summed E-state index contributed by atoms with van der Waals surface area (Å²) in [6.07, 6.45) is 1.67. The normalized spacial score (nSPS) is 11.1. The molecule has 0 saturated carbocycles. The largest absolute Gasteiger partial charge is 0.492 e. The summed E-state index contributed by atoms with van der Waals surface area (Å²) in [5.41, 5.74) is 0.0606. The van der Waals surface area contributed by atoms with Crippen LogP contribution in [-0.2, 0) is 11.3 Å². The minimum atomic E-state index is -0.648. The number of benzene rings is 2. The van der Waals surface area contributed by atoms with Crippen molar-refractivity contribution in [2.75, 3.05) is 19.7 Å². The summed E-state index contributed by atoms with van der Waals surface area (Å²) in [5.74, 6) is 0.708. The Kier molecular flexibility index (Phi) is 7.66. The molecule has 2 aromatic carbocycles. The van der Waals surface area contributed by atoms with Crippen LogP contribution in [0.1, 0.15) is 31.1 Å². The molecule has 1 aromatic heterocycles. The SMILES string of the molecule is CC(C)(C)OC(=O)N(CCOc1ccccc1)CCn1cnn(-c2ccc(C=O)cc2)c1=O. The molecule has 3 aromatic rings. The third-order valence-corrected chi connectivity index (χ3v) is 4.64. The van der Waals surface area contributed by atoms with Crippen molar-refractivity contribution in [3.05, 3.63) is 77.0 Å². The Hall–Kier alpha value is -3.88. The zero-order chi connectivity index (χ0) is 23.8. The first-order chi connectivity index (χ1) is 15.8. The van der Waals surface area contributed by atoms with Crippen LogP contribution >= 0.6 is 0 Å². The molecule has 3 rings (SSSR count). The number of aldehydes is 1. The lowest BCUT2D eigenvalue weighted by Crippen LogP contribution is -2.41. The number of rotatable bonds is 9. The fourth-order valence-corrected chi connectivity index (χ4v) is 3.00. The molecule has 0 radical (unpaired) electrons. The number of nitrogens with zero attached hydrogens (tertiary/aromatic N) is 4. The van der Waals surface area contributed by atoms with Gasteiger partial charge in [0.2, 0.25) is 0 Å². The van der Waals surface area contributed by atoms with E-state index in [1.165, 1.54) is 20.5 Å². The van der Waals surface area contributed by atoms with Crippen molar-refractivity contribution in [3.8, 4) is 11.4 Å². The highest BCUT2D eigenvalue weighted by atomic mass is 16.6. The molecule has 9 nitrogen and oxygen atoms in total. The first-order valence-electron chi connectivity index (χ1n) is 10.6. The highest BCUT2D eigenvalue weighted by Crippen LogP contribution is 2.12. The van der Waals surface area contributed by atoms with Crippen molar-refractivity contribution in [2.45, 2.75) is 32.9 Å². The minimum Gasteiger partial charge on any atom is -0.492 e.